The van der Waals surface area contributed by atoms with Crippen LogP contribution >= 0.6 is 0 Å². The number of halogens is 1. The van der Waals surface area contributed by atoms with Crippen LogP contribution in [0.15, 0.2) is 34.9 Å². The summed E-state index contributed by atoms with van der Waals surface area (Å²) in [5.41, 5.74) is 1.16. The summed E-state index contributed by atoms with van der Waals surface area (Å²) in [4.78, 5) is 16.0. The van der Waals surface area contributed by atoms with Crippen LogP contribution in [0.4, 0.5) is 4.39 Å². The Bertz CT molecular complexity index is 610. The van der Waals surface area contributed by atoms with E-state index in [-0.39, 0.29) is 18.1 Å². The van der Waals surface area contributed by atoms with Crippen molar-refractivity contribution in [2.75, 3.05) is 6.54 Å². The van der Waals surface area contributed by atoms with Crippen molar-refractivity contribution < 1.29 is 18.7 Å². The topological polar surface area (TPSA) is 75.4 Å². The summed E-state index contributed by atoms with van der Waals surface area (Å²) in [6.07, 6.45) is 2.33. The Morgan fingerprint density at radius 3 is 2.82 bits per heavy atom. The second-order valence-corrected chi connectivity index (χ2v) is 5.03. The quantitative estimate of drug-likeness (QED) is 0.823. The molecule has 2 N–H and O–H groups in total. The molecule has 0 spiro atoms. The van der Waals surface area contributed by atoms with Gasteiger partial charge in [0.1, 0.15) is 12.1 Å². The predicted molar refractivity (Wildman–Crippen MR) is 79.5 cm³/mol. The lowest BCUT2D eigenvalue weighted by Crippen LogP contribution is -2.28. The number of hydrogen-bond acceptors (Lipinski definition) is 4. The summed E-state index contributed by atoms with van der Waals surface area (Å²) in [5, 5.41) is 12.1. The molecule has 1 atom stereocenters. The van der Waals surface area contributed by atoms with Gasteiger partial charge in [-0.25, -0.2) is 9.37 Å². The highest BCUT2D eigenvalue weighted by atomic mass is 19.1. The number of aliphatic hydroxyl groups is 1. The SMILES string of the molecule is CCC(O)CCNC(=O)Cc1coc(-c2ccc(F)cc2)n1. The van der Waals surface area contributed by atoms with Gasteiger partial charge in [-0.15, -0.1) is 0 Å². The van der Waals surface area contributed by atoms with Gasteiger partial charge in [0.05, 0.1) is 18.2 Å². The standard InChI is InChI=1S/C16H19FN2O3/c1-2-14(20)7-8-18-15(21)9-13-10-22-16(19-13)11-3-5-12(17)6-4-11/h3-6,10,14,20H,2,7-9H2,1H3,(H,18,21). The van der Waals surface area contributed by atoms with Gasteiger partial charge in [-0.2, -0.15) is 0 Å². The molecule has 0 aliphatic rings. The first-order valence-corrected chi connectivity index (χ1v) is 7.23. The number of benzene rings is 1. The number of rotatable bonds is 7. The molecular formula is C16H19FN2O3. The van der Waals surface area contributed by atoms with E-state index in [9.17, 15) is 14.3 Å². The minimum absolute atomic E-state index is 0.104. The summed E-state index contributed by atoms with van der Waals surface area (Å²) in [5.74, 6) is -0.157. The maximum absolute atomic E-state index is 12.9. The average Bonchev–Trinajstić information content (AvgIpc) is 2.96. The van der Waals surface area contributed by atoms with Crippen molar-refractivity contribution in [3.63, 3.8) is 0 Å². The molecule has 1 aromatic carbocycles. The van der Waals surface area contributed by atoms with Crippen LogP contribution in [0.1, 0.15) is 25.5 Å². The van der Waals surface area contributed by atoms with Crippen molar-refractivity contribution in [3.05, 3.63) is 42.0 Å². The fourth-order valence-corrected chi connectivity index (χ4v) is 1.92. The molecule has 22 heavy (non-hydrogen) atoms. The third kappa shape index (κ3) is 4.66. The Morgan fingerprint density at radius 2 is 2.14 bits per heavy atom. The van der Waals surface area contributed by atoms with Gasteiger partial charge in [-0.3, -0.25) is 4.79 Å². The molecule has 0 aliphatic carbocycles. The van der Waals surface area contributed by atoms with Gasteiger partial charge in [-0.1, -0.05) is 6.92 Å². The number of aromatic nitrogens is 1. The normalized spacial score (nSPS) is 12.1. The van der Waals surface area contributed by atoms with E-state index >= 15 is 0 Å². The van der Waals surface area contributed by atoms with E-state index in [1.165, 1.54) is 18.4 Å². The minimum Gasteiger partial charge on any atom is -0.444 e. The van der Waals surface area contributed by atoms with Crippen LogP contribution in [0.2, 0.25) is 0 Å². The van der Waals surface area contributed by atoms with Gasteiger partial charge in [-0.05, 0) is 37.1 Å². The van der Waals surface area contributed by atoms with Crippen molar-refractivity contribution in [3.8, 4) is 11.5 Å². The zero-order valence-corrected chi connectivity index (χ0v) is 12.4. The summed E-state index contributed by atoms with van der Waals surface area (Å²) in [7, 11) is 0. The fourth-order valence-electron chi connectivity index (χ4n) is 1.92. The molecule has 1 aromatic heterocycles. The molecule has 0 fully saturated rings. The van der Waals surface area contributed by atoms with Crippen LogP contribution in [-0.2, 0) is 11.2 Å². The Morgan fingerprint density at radius 1 is 1.41 bits per heavy atom. The largest absolute Gasteiger partial charge is 0.444 e. The molecule has 0 aliphatic heterocycles. The molecule has 118 valence electrons. The van der Waals surface area contributed by atoms with Crippen LogP contribution in [0, 0.1) is 5.82 Å². The maximum atomic E-state index is 12.9. The third-order valence-corrected chi connectivity index (χ3v) is 3.26. The third-order valence-electron chi connectivity index (χ3n) is 3.26. The number of nitrogens with zero attached hydrogens (tertiary/aromatic N) is 1. The Balaban J connectivity index is 1.86. The van der Waals surface area contributed by atoms with E-state index in [1.54, 1.807) is 12.1 Å². The second kappa shape index (κ2) is 7.70. The van der Waals surface area contributed by atoms with Crippen molar-refractivity contribution in [1.29, 1.82) is 0 Å². The molecule has 0 bridgehead atoms. The molecule has 1 amide bonds. The minimum atomic E-state index is -0.391. The van der Waals surface area contributed by atoms with Crippen LogP contribution in [0.5, 0.6) is 0 Å². The molecule has 0 radical (unpaired) electrons. The molecular weight excluding hydrogens is 287 g/mol. The monoisotopic (exact) mass is 306 g/mol. The first-order valence-electron chi connectivity index (χ1n) is 7.23. The lowest BCUT2D eigenvalue weighted by atomic mass is 10.2. The zero-order valence-electron chi connectivity index (χ0n) is 12.4. The van der Waals surface area contributed by atoms with Gasteiger partial charge in [0.25, 0.3) is 0 Å². The first kappa shape index (κ1) is 16.2. The number of hydrogen-bond donors (Lipinski definition) is 2. The molecule has 1 unspecified atom stereocenters. The van der Waals surface area contributed by atoms with Gasteiger partial charge < -0.3 is 14.8 Å². The van der Waals surface area contributed by atoms with Crippen LogP contribution < -0.4 is 5.32 Å². The molecule has 2 rings (SSSR count). The highest BCUT2D eigenvalue weighted by Crippen LogP contribution is 2.19. The molecule has 6 heteroatoms. The second-order valence-electron chi connectivity index (χ2n) is 5.03. The van der Waals surface area contributed by atoms with E-state index in [0.29, 0.717) is 36.5 Å². The van der Waals surface area contributed by atoms with E-state index in [1.807, 2.05) is 6.92 Å². The Hall–Kier alpha value is -2.21. The number of oxazole rings is 1. The number of carbonyl (C=O) groups is 1. The Kier molecular flexibility index (Phi) is 5.66. The van der Waals surface area contributed by atoms with Crippen molar-refractivity contribution in [1.82, 2.24) is 10.3 Å². The van der Waals surface area contributed by atoms with Crippen molar-refractivity contribution >= 4 is 5.91 Å². The molecule has 2 aromatic rings. The van der Waals surface area contributed by atoms with Crippen LogP contribution in [0.25, 0.3) is 11.5 Å². The summed E-state index contributed by atoms with van der Waals surface area (Å²) >= 11 is 0. The lowest BCUT2D eigenvalue weighted by molar-refractivity contribution is -0.120. The lowest BCUT2D eigenvalue weighted by Gasteiger charge is -2.07. The first-order chi connectivity index (χ1) is 10.6. The average molecular weight is 306 g/mol. The van der Waals surface area contributed by atoms with Crippen LogP contribution in [-0.4, -0.2) is 28.6 Å². The molecule has 1 heterocycles. The maximum Gasteiger partial charge on any atom is 0.226 e. The smallest absolute Gasteiger partial charge is 0.226 e. The summed E-state index contributed by atoms with van der Waals surface area (Å²) in [6, 6.07) is 5.78. The van der Waals surface area contributed by atoms with E-state index < -0.39 is 6.10 Å². The van der Waals surface area contributed by atoms with Gasteiger partial charge in [0, 0.05) is 12.1 Å². The highest BCUT2D eigenvalue weighted by Gasteiger charge is 2.11. The highest BCUT2D eigenvalue weighted by molar-refractivity contribution is 5.78. The zero-order chi connectivity index (χ0) is 15.9. The number of nitrogens with one attached hydrogen (secondary N) is 1. The fraction of sp³-hybridized carbons (Fsp3) is 0.375. The van der Waals surface area contributed by atoms with Crippen molar-refractivity contribution in [2.24, 2.45) is 0 Å². The number of amides is 1. The van der Waals surface area contributed by atoms with Crippen LogP contribution in [0.3, 0.4) is 0 Å². The predicted octanol–water partition coefficient (Wildman–Crippen LogP) is 2.30. The summed E-state index contributed by atoms with van der Waals surface area (Å²) < 4.78 is 18.2. The molecule has 0 saturated carbocycles. The van der Waals surface area contributed by atoms with Gasteiger partial charge in [0.15, 0.2) is 0 Å². The molecule has 5 nitrogen and oxygen atoms in total. The van der Waals surface area contributed by atoms with Gasteiger partial charge in [0.2, 0.25) is 11.8 Å². The van der Waals surface area contributed by atoms with E-state index in [2.05, 4.69) is 10.3 Å². The Labute approximate surface area is 128 Å². The molecule has 0 saturated heterocycles. The summed E-state index contributed by atoms with van der Waals surface area (Å²) in [6.45, 7) is 2.31. The van der Waals surface area contributed by atoms with Crippen molar-refractivity contribution in [2.45, 2.75) is 32.3 Å². The number of aliphatic hydroxyl groups excluding tert-OH is 1. The van der Waals surface area contributed by atoms with E-state index in [4.69, 9.17) is 4.42 Å². The van der Waals surface area contributed by atoms with E-state index in [0.717, 1.165) is 0 Å². The van der Waals surface area contributed by atoms with Gasteiger partial charge >= 0.3 is 0 Å². The number of carbonyl (C=O) groups excluding carboxylic acids is 1.